The Hall–Kier alpha value is -2.75. The molecule has 1 aliphatic rings. The van der Waals surface area contributed by atoms with E-state index in [9.17, 15) is 15.0 Å². The van der Waals surface area contributed by atoms with Gasteiger partial charge in [0.05, 0.1) is 0 Å². The van der Waals surface area contributed by atoms with E-state index in [0.717, 1.165) is 11.1 Å². The number of carboxylic acid groups (broad SMARTS) is 1. The normalized spacial score (nSPS) is 13.5. The standard InChI is InChI=1S/C20H20O4/c1-13-9-10-24-17-12-15(8-7-14-5-3-2-4-6-14)18(20(22)23)19(21)16(17)11-13/h2-6,9,12,21H,7-8,10-11H2,1H3,(H,22,23). The van der Waals surface area contributed by atoms with Crippen LogP contribution in [0.2, 0.25) is 0 Å². The maximum Gasteiger partial charge on any atom is 0.339 e. The second kappa shape index (κ2) is 6.79. The van der Waals surface area contributed by atoms with Crippen molar-refractivity contribution in [2.45, 2.75) is 26.2 Å². The summed E-state index contributed by atoms with van der Waals surface area (Å²) in [4.78, 5) is 11.7. The molecule has 0 amide bonds. The van der Waals surface area contributed by atoms with Crippen molar-refractivity contribution < 1.29 is 19.7 Å². The third-order valence-electron chi connectivity index (χ3n) is 4.31. The zero-order chi connectivity index (χ0) is 17.1. The van der Waals surface area contributed by atoms with Crippen molar-refractivity contribution in [3.8, 4) is 11.5 Å². The first-order valence-corrected chi connectivity index (χ1v) is 7.99. The van der Waals surface area contributed by atoms with Gasteiger partial charge in [-0.3, -0.25) is 0 Å². The number of aryl methyl sites for hydroxylation is 2. The van der Waals surface area contributed by atoms with Crippen LogP contribution in [-0.4, -0.2) is 22.8 Å². The van der Waals surface area contributed by atoms with E-state index >= 15 is 0 Å². The molecule has 4 heteroatoms. The SMILES string of the molecule is CC1=CCOc2cc(CCc3ccccc3)c(C(=O)O)c(O)c2C1. The second-order valence-electron chi connectivity index (χ2n) is 6.06. The minimum Gasteiger partial charge on any atom is -0.507 e. The molecule has 0 bridgehead atoms. The molecule has 0 saturated heterocycles. The minimum absolute atomic E-state index is 0.0111. The molecule has 0 atom stereocenters. The fraction of sp³-hybridized carbons (Fsp3) is 0.250. The van der Waals surface area contributed by atoms with Crippen molar-refractivity contribution >= 4 is 5.97 Å². The van der Waals surface area contributed by atoms with E-state index in [2.05, 4.69) is 0 Å². The van der Waals surface area contributed by atoms with Gasteiger partial charge in [-0.25, -0.2) is 4.79 Å². The van der Waals surface area contributed by atoms with Crippen LogP contribution < -0.4 is 4.74 Å². The summed E-state index contributed by atoms with van der Waals surface area (Å²) in [6.45, 7) is 2.38. The van der Waals surface area contributed by atoms with E-state index in [1.807, 2.05) is 43.3 Å². The molecule has 0 fully saturated rings. The number of aromatic hydroxyl groups is 1. The zero-order valence-electron chi connectivity index (χ0n) is 13.6. The molecule has 24 heavy (non-hydrogen) atoms. The number of rotatable bonds is 4. The molecule has 0 aromatic heterocycles. The Bertz CT molecular complexity index is 791. The van der Waals surface area contributed by atoms with Crippen molar-refractivity contribution in [2.24, 2.45) is 0 Å². The molecule has 0 radical (unpaired) electrons. The van der Waals surface area contributed by atoms with Gasteiger partial charge in [-0.15, -0.1) is 0 Å². The highest BCUT2D eigenvalue weighted by Crippen LogP contribution is 2.37. The highest BCUT2D eigenvalue weighted by molar-refractivity contribution is 5.93. The highest BCUT2D eigenvalue weighted by atomic mass is 16.5. The number of benzene rings is 2. The number of aromatic carboxylic acids is 1. The van der Waals surface area contributed by atoms with E-state index in [0.29, 0.717) is 42.7 Å². The molecule has 2 N–H and O–H groups in total. The lowest BCUT2D eigenvalue weighted by Crippen LogP contribution is -2.08. The fourth-order valence-electron chi connectivity index (χ4n) is 3.02. The number of hydrogen-bond donors (Lipinski definition) is 2. The number of phenols is 1. The smallest absolute Gasteiger partial charge is 0.339 e. The van der Waals surface area contributed by atoms with Crippen LogP contribution in [0, 0.1) is 0 Å². The Kier molecular flexibility index (Phi) is 4.56. The number of carboxylic acids is 1. The fourth-order valence-corrected chi connectivity index (χ4v) is 3.02. The Morgan fingerprint density at radius 2 is 1.96 bits per heavy atom. The van der Waals surface area contributed by atoms with Gasteiger partial charge in [0.2, 0.25) is 0 Å². The van der Waals surface area contributed by atoms with E-state index in [1.165, 1.54) is 0 Å². The van der Waals surface area contributed by atoms with Crippen LogP contribution in [0.15, 0.2) is 48.0 Å². The van der Waals surface area contributed by atoms with Crippen molar-refractivity contribution in [3.63, 3.8) is 0 Å². The van der Waals surface area contributed by atoms with Crippen LogP contribution in [0.25, 0.3) is 0 Å². The Labute approximate surface area is 141 Å². The molecule has 3 rings (SSSR count). The molecule has 0 spiro atoms. The molecule has 0 saturated carbocycles. The lowest BCUT2D eigenvalue weighted by atomic mass is 9.93. The van der Waals surface area contributed by atoms with Gasteiger partial charge in [0.15, 0.2) is 0 Å². The van der Waals surface area contributed by atoms with Gasteiger partial charge in [-0.1, -0.05) is 35.9 Å². The number of carbonyl (C=O) groups is 1. The summed E-state index contributed by atoms with van der Waals surface area (Å²) in [5.74, 6) is -0.699. The van der Waals surface area contributed by atoms with E-state index in [-0.39, 0.29) is 11.3 Å². The van der Waals surface area contributed by atoms with E-state index < -0.39 is 5.97 Å². The number of ether oxygens (including phenoxy) is 1. The molecule has 0 aliphatic carbocycles. The van der Waals surface area contributed by atoms with Gasteiger partial charge < -0.3 is 14.9 Å². The van der Waals surface area contributed by atoms with Gasteiger partial charge in [0, 0.05) is 12.0 Å². The zero-order valence-corrected chi connectivity index (χ0v) is 13.6. The average molecular weight is 324 g/mol. The van der Waals surface area contributed by atoms with Gasteiger partial charge in [-0.05, 0) is 43.0 Å². The second-order valence-corrected chi connectivity index (χ2v) is 6.06. The first-order chi connectivity index (χ1) is 11.6. The summed E-state index contributed by atoms with van der Waals surface area (Å²) in [5, 5.41) is 20.1. The van der Waals surface area contributed by atoms with Crippen LogP contribution in [0.4, 0.5) is 0 Å². The van der Waals surface area contributed by atoms with Crippen molar-refractivity contribution in [1.82, 2.24) is 0 Å². The van der Waals surface area contributed by atoms with Crippen LogP contribution in [0.3, 0.4) is 0 Å². The first kappa shape index (κ1) is 16.1. The summed E-state index contributed by atoms with van der Waals surface area (Å²) in [7, 11) is 0. The summed E-state index contributed by atoms with van der Waals surface area (Å²) >= 11 is 0. The summed E-state index contributed by atoms with van der Waals surface area (Å²) in [6, 6.07) is 11.7. The summed E-state index contributed by atoms with van der Waals surface area (Å²) in [5.41, 5.74) is 3.33. The highest BCUT2D eigenvalue weighted by Gasteiger charge is 2.24. The lowest BCUT2D eigenvalue weighted by molar-refractivity contribution is 0.0692. The third-order valence-corrected chi connectivity index (χ3v) is 4.31. The number of hydrogen-bond acceptors (Lipinski definition) is 3. The van der Waals surface area contributed by atoms with Crippen molar-refractivity contribution in [3.05, 3.63) is 70.3 Å². The number of fused-ring (bicyclic) bond motifs is 1. The van der Waals surface area contributed by atoms with Crippen LogP contribution in [-0.2, 0) is 19.3 Å². The largest absolute Gasteiger partial charge is 0.507 e. The Morgan fingerprint density at radius 1 is 1.21 bits per heavy atom. The van der Waals surface area contributed by atoms with Gasteiger partial charge >= 0.3 is 5.97 Å². The topological polar surface area (TPSA) is 66.8 Å². The average Bonchev–Trinajstić information content (AvgIpc) is 2.75. The Balaban J connectivity index is 1.98. The summed E-state index contributed by atoms with van der Waals surface area (Å²) < 4.78 is 5.70. The van der Waals surface area contributed by atoms with Gasteiger partial charge in [-0.2, -0.15) is 0 Å². The quantitative estimate of drug-likeness (QED) is 0.841. The predicted octanol–water partition coefficient (Wildman–Crippen LogP) is 3.76. The maximum absolute atomic E-state index is 11.7. The monoisotopic (exact) mass is 324 g/mol. The van der Waals surface area contributed by atoms with E-state index in [1.54, 1.807) is 6.07 Å². The van der Waals surface area contributed by atoms with E-state index in [4.69, 9.17) is 4.74 Å². The molecular formula is C20H20O4. The van der Waals surface area contributed by atoms with Crippen LogP contribution in [0.5, 0.6) is 11.5 Å². The van der Waals surface area contributed by atoms with Gasteiger partial charge in [0.25, 0.3) is 0 Å². The maximum atomic E-state index is 11.7. The molecule has 0 unspecified atom stereocenters. The van der Waals surface area contributed by atoms with Crippen LogP contribution in [0.1, 0.15) is 34.0 Å². The molecule has 2 aromatic carbocycles. The lowest BCUT2D eigenvalue weighted by Gasteiger charge is -2.16. The first-order valence-electron chi connectivity index (χ1n) is 7.99. The molecule has 2 aromatic rings. The number of allylic oxidation sites excluding steroid dienone is 1. The molecule has 4 nitrogen and oxygen atoms in total. The molecule has 124 valence electrons. The van der Waals surface area contributed by atoms with Crippen LogP contribution >= 0.6 is 0 Å². The minimum atomic E-state index is -1.11. The van der Waals surface area contributed by atoms with Crippen molar-refractivity contribution in [2.75, 3.05) is 6.61 Å². The Morgan fingerprint density at radius 3 is 2.67 bits per heavy atom. The molecule has 1 heterocycles. The predicted molar refractivity (Wildman–Crippen MR) is 91.9 cm³/mol. The molecule has 1 aliphatic heterocycles. The third kappa shape index (κ3) is 3.27. The van der Waals surface area contributed by atoms with Crippen molar-refractivity contribution in [1.29, 1.82) is 0 Å². The molecular weight excluding hydrogens is 304 g/mol. The van der Waals surface area contributed by atoms with Gasteiger partial charge in [0.1, 0.15) is 23.7 Å². The summed E-state index contributed by atoms with van der Waals surface area (Å²) in [6.07, 6.45) is 3.68.